The lowest BCUT2D eigenvalue weighted by atomic mass is 10.1. The molecule has 0 fully saturated rings. The molecule has 19 heavy (non-hydrogen) atoms. The quantitative estimate of drug-likeness (QED) is 0.771. The fourth-order valence-corrected chi connectivity index (χ4v) is 2.01. The zero-order valence-corrected chi connectivity index (χ0v) is 11.7. The molecule has 0 spiro atoms. The molecule has 2 N–H and O–H groups in total. The number of halogens is 1. The summed E-state index contributed by atoms with van der Waals surface area (Å²) in [7, 11) is 1.72. The second kappa shape index (κ2) is 7.89. The first kappa shape index (κ1) is 15.6. The van der Waals surface area contributed by atoms with E-state index in [0.29, 0.717) is 18.5 Å². The molecule has 0 aromatic heterocycles. The molecule has 4 heteroatoms. The van der Waals surface area contributed by atoms with Crippen LogP contribution in [0.1, 0.15) is 44.2 Å². The molecule has 0 aliphatic rings. The minimum atomic E-state index is -0.266. The fraction of sp³-hybridized carbons (Fsp3) is 0.533. The average molecular weight is 266 g/mol. The zero-order chi connectivity index (χ0) is 14.3. The van der Waals surface area contributed by atoms with Crippen LogP contribution in [-0.4, -0.2) is 24.4 Å². The van der Waals surface area contributed by atoms with Crippen LogP contribution in [0.2, 0.25) is 0 Å². The van der Waals surface area contributed by atoms with Gasteiger partial charge in [0, 0.05) is 19.0 Å². The smallest absolute Gasteiger partial charge is 0.222 e. The molecule has 0 saturated heterocycles. The van der Waals surface area contributed by atoms with E-state index in [-0.39, 0.29) is 17.8 Å². The molecule has 1 atom stereocenters. The number of hydrogen-bond donors (Lipinski definition) is 1. The maximum absolute atomic E-state index is 13.7. The summed E-state index contributed by atoms with van der Waals surface area (Å²) >= 11 is 0. The van der Waals surface area contributed by atoms with Crippen molar-refractivity contribution >= 4 is 5.91 Å². The number of amides is 1. The zero-order valence-electron chi connectivity index (χ0n) is 11.7. The molecule has 0 radical (unpaired) electrons. The Bertz CT molecular complexity index is 409. The molecule has 0 saturated carbocycles. The normalized spacial score (nSPS) is 12.2. The summed E-state index contributed by atoms with van der Waals surface area (Å²) in [6, 6.07) is 6.33. The summed E-state index contributed by atoms with van der Waals surface area (Å²) in [6.45, 7) is 2.51. The van der Waals surface area contributed by atoms with Gasteiger partial charge in [-0.3, -0.25) is 4.79 Å². The van der Waals surface area contributed by atoms with E-state index in [1.54, 1.807) is 30.1 Å². The molecule has 1 aromatic carbocycles. The number of rotatable bonds is 7. The fourth-order valence-electron chi connectivity index (χ4n) is 2.01. The van der Waals surface area contributed by atoms with Gasteiger partial charge in [0.15, 0.2) is 0 Å². The predicted molar refractivity (Wildman–Crippen MR) is 75.1 cm³/mol. The highest BCUT2D eigenvalue weighted by Gasteiger charge is 2.19. The van der Waals surface area contributed by atoms with Crippen LogP contribution in [0.15, 0.2) is 24.3 Å². The number of carbonyl (C=O) groups excluding carboxylic acids is 1. The lowest BCUT2D eigenvalue weighted by Crippen LogP contribution is -2.29. The predicted octanol–water partition coefficient (Wildman–Crippen LogP) is 2.86. The van der Waals surface area contributed by atoms with E-state index in [1.165, 1.54) is 6.07 Å². The van der Waals surface area contributed by atoms with Crippen LogP contribution in [0.4, 0.5) is 4.39 Å². The molecule has 1 unspecified atom stereocenters. The van der Waals surface area contributed by atoms with Crippen LogP contribution in [0.25, 0.3) is 0 Å². The Hall–Kier alpha value is -1.42. The third kappa shape index (κ3) is 4.63. The first-order valence-corrected chi connectivity index (χ1v) is 6.78. The lowest BCUT2D eigenvalue weighted by Gasteiger charge is -2.25. The number of unbranched alkanes of at least 4 members (excludes halogenated alkanes) is 2. The third-order valence-electron chi connectivity index (χ3n) is 3.42. The van der Waals surface area contributed by atoms with Crippen LogP contribution >= 0.6 is 0 Å². The van der Waals surface area contributed by atoms with Crippen molar-refractivity contribution in [2.45, 2.75) is 38.6 Å². The van der Waals surface area contributed by atoms with Gasteiger partial charge in [0.1, 0.15) is 5.82 Å². The number of nitrogens with zero attached hydrogens (tertiary/aromatic N) is 1. The van der Waals surface area contributed by atoms with Crippen LogP contribution < -0.4 is 5.73 Å². The van der Waals surface area contributed by atoms with Gasteiger partial charge in [0.2, 0.25) is 5.91 Å². The molecule has 0 aliphatic heterocycles. The van der Waals surface area contributed by atoms with E-state index in [0.717, 1.165) is 19.3 Å². The summed E-state index contributed by atoms with van der Waals surface area (Å²) in [4.78, 5) is 13.6. The second-order valence-corrected chi connectivity index (χ2v) is 4.80. The van der Waals surface area contributed by atoms with E-state index in [4.69, 9.17) is 5.73 Å². The Labute approximate surface area is 114 Å². The summed E-state index contributed by atoms with van der Waals surface area (Å²) in [5.41, 5.74) is 5.96. The summed E-state index contributed by atoms with van der Waals surface area (Å²) < 4.78 is 13.7. The van der Waals surface area contributed by atoms with Gasteiger partial charge in [0.25, 0.3) is 0 Å². The first-order chi connectivity index (χ1) is 9.07. The van der Waals surface area contributed by atoms with Gasteiger partial charge in [-0.05, 0) is 32.4 Å². The highest BCUT2D eigenvalue weighted by molar-refractivity contribution is 5.76. The average Bonchev–Trinajstić information content (AvgIpc) is 2.42. The van der Waals surface area contributed by atoms with Gasteiger partial charge in [-0.2, -0.15) is 0 Å². The molecule has 0 aliphatic carbocycles. The maximum Gasteiger partial charge on any atom is 0.222 e. The van der Waals surface area contributed by atoms with Gasteiger partial charge >= 0.3 is 0 Å². The van der Waals surface area contributed by atoms with Crippen LogP contribution in [-0.2, 0) is 4.79 Å². The first-order valence-electron chi connectivity index (χ1n) is 6.78. The van der Waals surface area contributed by atoms with Crippen molar-refractivity contribution in [3.63, 3.8) is 0 Å². The highest BCUT2D eigenvalue weighted by atomic mass is 19.1. The highest BCUT2D eigenvalue weighted by Crippen LogP contribution is 2.22. The van der Waals surface area contributed by atoms with Crippen molar-refractivity contribution in [1.82, 2.24) is 4.90 Å². The Morgan fingerprint density at radius 3 is 2.63 bits per heavy atom. The van der Waals surface area contributed by atoms with Crippen LogP contribution in [0.3, 0.4) is 0 Å². The molecule has 1 amide bonds. The van der Waals surface area contributed by atoms with E-state index in [9.17, 15) is 9.18 Å². The molecular weight excluding hydrogens is 243 g/mol. The second-order valence-electron chi connectivity index (χ2n) is 4.80. The Morgan fingerprint density at radius 2 is 2.00 bits per heavy atom. The third-order valence-corrected chi connectivity index (χ3v) is 3.42. The minimum Gasteiger partial charge on any atom is -0.339 e. The molecule has 0 bridgehead atoms. The van der Waals surface area contributed by atoms with Crippen molar-refractivity contribution in [2.75, 3.05) is 13.6 Å². The maximum atomic E-state index is 13.7. The van der Waals surface area contributed by atoms with Gasteiger partial charge < -0.3 is 10.6 Å². The van der Waals surface area contributed by atoms with Crippen LogP contribution in [0.5, 0.6) is 0 Å². The monoisotopic (exact) mass is 266 g/mol. The molecule has 1 rings (SSSR count). The Kier molecular flexibility index (Phi) is 6.50. The van der Waals surface area contributed by atoms with Crippen molar-refractivity contribution in [2.24, 2.45) is 5.73 Å². The Balaban J connectivity index is 2.54. The minimum absolute atomic E-state index is 0.0489. The summed E-state index contributed by atoms with van der Waals surface area (Å²) in [5, 5.41) is 0. The van der Waals surface area contributed by atoms with Crippen molar-refractivity contribution < 1.29 is 9.18 Å². The number of carbonyl (C=O) groups is 1. The van der Waals surface area contributed by atoms with Crippen LogP contribution in [0, 0.1) is 5.82 Å². The molecule has 3 nitrogen and oxygen atoms in total. The van der Waals surface area contributed by atoms with Crippen molar-refractivity contribution in [3.05, 3.63) is 35.6 Å². The standard InChI is InChI=1S/C15H23FN2O/c1-12(13-8-5-6-9-14(13)16)18(2)15(19)10-4-3-7-11-17/h5-6,8-9,12H,3-4,7,10-11,17H2,1-2H3. The summed E-state index contributed by atoms with van der Waals surface area (Å²) in [5.74, 6) is -0.217. The van der Waals surface area contributed by atoms with Gasteiger partial charge in [0.05, 0.1) is 6.04 Å². The van der Waals surface area contributed by atoms with Gasteiger partial charge in [-0.15, -0.1) is 0 Å². The molecular formula is C15H23FN2O. The SMILES string of the molecule is CC(c1ccccc1F)N(C)C(=O)CCCCCN. The van der Waals surface area contributed by atoms with E-state index in [1.807, 2.05) is 6.92 Å². The molecule has 0 heterocycles. The van der Waals surface area contributed by atoms with Crippen molar-refractivity contribution in [3.8, 4) is 0 Å². The largest absolute Gasteiger partial charge is 0.339 e. The topological polar surface area (TPSA) is 46.3 Å². The van der Waals surface area contributed by atoms with Crippen molar-refractivity contribution in [1.29, 1.82) is 0 Å². The van der Waals surface area contributed by atoms with E-state index in [2.05, 4.69) is 0 Å². The molecule has 106 valence electrons. The number of benzene rings is 1. The number of hydrogen-bond acceptors (Lipinski definition) is 2. The lowest BCUT2D eigenvalue weighted by molar-refractivity contribution is -0.132. The van der Waals surface area contributed by atoms with Gasteiger partial charge in [-0.1, -0.05) is 24.6 Å². The Morgan fingerprint density at radius 1 is 1.32 bits per heavy atom. The summed E-state index contributed by atoms with van der Waals surface area (Å²) in [6.07, 6.45) is 3.24. The van der Waals surface area contributed by atoms with E-state index < -0.39 is 0 Å². The van der Waals surface area contributed by atoms with Gasteiger partial charge in [-0.25, -0.2) is 4.39 Å². The van der Waals surface area contributed by atoms with E-state index >= 15 is 0 Å². The number of nitrogens with two attached hydrogens (primary N) is 1. The molecule has 1 aromatic rings.